The Morgan fingerprint density at radius 2 is 2.24 bits per heavy atom. The van der Waals surface area contributed by atoms with Gasteiger partial charge in [-0.2, -0.15) is 0 Å². The summed E-state index contributed by atoms with van der Waals surface area (Å²) in [6, 6.07) is 3.58. The van der Waals surface area contributed by atoms with Gasteiger partial charge >= 0.3 is 5.97 Å². The summed E-state index contributed by atoms with van der Waals surface area (Å²) in [6.07, 6.45) is 3.23. The van der Waals surface area contributed by atoms with Gasteiger partial charge in [0.1, 0.15) is 4.88 Å². The lowest BCUT2D eigenvalue weighted by atomic mass is 9.90. The second kappa shape index (κ2) is 5.61. The normalized spacial score (nSPS) is 17.3. The molecule has 0 saturated heterocycles. The lowest BCUT2D eigenvalue weighted by Crippen LogP contribution is -2.12. The summed E-state index contributed by atoms with van der Waals surface area (Å²) in [5.41, 5.74) is 1.64. The monoisotopic (exact) mass is 321 g/mol. The van der Waals surface area contributed by atoms with Crippen molar-refractivity contribution < 1.29 is 14.7 Å². The van der Waals surface area contributed by atoms with Gasteiger partial charge in [0.05, 0.1) is 10.6 Å². The van der Waals surface area contributed by atoms with Crippen LogP contribution in [0, 0.1) is 5.92 Å². The van der Waals surface area contributed by atoms with Gasteiger partial charge in [-0.05, 0) is 48.3 Å². The van der Waals surface area contributed by atoms with E-state index in [1.54, 1.807) is 11.4 Å². The Kier molecular flexibility index (Phi) is 3.82. The number of thiophene rings is 2. The zero-order chi connectivity index (χ0) is 15.0. The third-order valence-electron chi connectivity index (χ3n) is 3.66. The molecule has 0 aliphatic heterocycles. The molecule has 6 heteroatoms. The first-order valence-corrected chi connectivity index (χ1v) is 8.48. The first-order chi connectivity index (χ1) is 10.0. The SMILES string of the molecule is CC1CCc2sc(C(=O)Nc3ccsc3C(=O)O)cc2C1. The summed E-state index contributed by atoms with van der Waals surface area (Å²) in [6.45, 7) is 2.23. The van der Waals surface area contributed by atoms with Crippen LogP contribution in [0.5, 0.6) is 0 Å². The van der Waals surface area contributed by atoms with Crippen molar-refractivity contribution in [1.82, 2.24) is 0 Å². The Morgan fingerprint density at radius 1 is 1.43 bits per heavy atom. The predicted molar refractivity (Wildman–Crippen MR) is 84.7 cm³/mol. The number of aromatic carboxylic acids is 1. The molecular weight excluding hydrogens is 306 g/mol. The molecule has 0 aromatic carbocycles. The Bertz CT molecular complexity index is 702. The first kappa shape index (κ1) is 14.3. The molecule has 2 aromatic heterocycles. The second-order valence-electron chi connectivity index (χ2n) is 5.33. The van der Waals surface area contributed by atoms with Crippen molar-refractivity contribution in [3.05, 3.63) is 37.7 Å². The van der Waals surface area contributed by atoms with E-state index in [0.717, 1.165) is 24.2 Å². The minimum atomic E-state index is -1.01. The van der Waals surface area contributed by atoms with Gasteiger partial charge in [-0.3, -0.25) is 4.79 Å². The average molecular weight is 321 g/mol. The van der Waals surface area contributed by atoms with Crippen LogP contribution in [-0.4, -0.2) is 17.0 Å². The van der Waals surface area contributed by atoms with Crippen molar-refractivity contribution in [2.24, 2.45) is 5.92 Å². The zero-order valence-electron chi connectivity index (χ0n) is 11.5. The van der Waals surface area contributed by atoms with E-state index in [-0.39, 0.29) is 10.8 Å². The summed E-state index contributed by atoms with van der Waals surface area (Å²) in [7, 11) is 0. The molecule has 3 rings (SSSR count). The number of fused-ring (bicyclic) bond motifs is 1. The third kappa shape index (κ3) is 2.87. The van der Waals surface area contributed by atoms with Crippen molar-refractivity contribution >= 4 is 40.2 Å². The second-order valence-corrected chi connectivity index (χ2v) is 7.38. The molecule has 1 atom stereocenters. The van der Waals surface area contributed by atoms with Gasteiger partial charge in [0, 0.05) is 4.88 Å². The summed E-state index contributed by atoms with van der Waals surface area (Å²) >= 11 is 2.64. The van der Waals surface area contributed by atoms with Gasteiger partial charge in [-0.25, -0.2) is 4.79 Å². The van der Waals surface area contributed by atoms with Gasteiger partial charge in [0.25, 0.3) is 5.91 Å². The van der Waals surface area contributed by atoms with E-state index in [1.807, 2.05) is 6.07 Å². The van der Waals surface area contributed by atoms with E-state index in [1.165, 1.54) is 28.2 Å². The number of aryl methyl sites for hydroxylation is 1. The lowest BCUT2D eigenvalue weighted by molar-refractivity contribution is 0.0703. The van der Waals surface area contributed by atoms with Crippen LogP contribution in [0.2, 0.25) is 0 Å². The van der Waals surface area contributed by atoms with Gasteiger partial charge in [-0.15, -0.1) is 22.7 Å². The van der Waals surface area contributed by atoms with E-state index < -0.39 is 5.97 Å². The van der Waals surface area contributed by atoms with Gasteiger partial charge in [0.2, 0.25) is 0 Å². The van der Waals surface area contributed by atoms with Crippen LogP contribution < -0.4 is 5.32 Å². The molecular formula is C15H15NO3S2. The topological polar surface area (TPSA) is 66.4 Å². The van der Waals surface area contributed by atoms with Crippen LogP contribution in [0.4, 0.5) is 5.69 Å². The van der Waals surface area contributed by atoms with Gasteiger partial charge in [0.15, 0.2) is 0 Å². The number of nitrogens with one attached hydrogen (secondary N) is 1. The number of carbonyl (C=O) groups excluding carboxylic acids is 1. The summed E-state index contributed by atoms with van der Waals surface area (Å²) in [4.78, 5) is 25.5. The molecule has 1 aliphatic rings. The highest BCUT2D eigenvalue weighted by atomic mass is 32.1. The zero-order valence-corrected chi connectivity index (χ0v) is 13.1. The number of anilines is 1. The fraction of sp³-hybridized carbons (Fsp3) is 0.333. The molecule has 21 heavy (non-hydrogen) atoms. The lowest BCUT2D eigenvalue weighted by Gasteiger charge is -2.16. The van der Waals surface area contributed by atoms with E-state index >= 15 is 0 Å². The minimum absolute atomic E-state index is 0.165. The fourth-order valence-corrected chi connectivity index (χ4v) is 4.37. The van der Waals surface area contributed by atoms with Crippen LogP contribution in [0.25, 0.3) is 0 Å². The summed E-state index contributed by atoms with van der Waals surface area (Å²) < 4.78 is 0. The van der Waals surface area contributed by atoms with Crippen molar-refractivity contribution in [3.8, 4) is 0 Å². The van der Waals surface area contributed by atoms with Crippen LogP contribution in [0.1, 0.15) is 43.1 Å². The number of rotatable bonds is 3. The number of carbonyl (C=O) groups is 2. The molecule has 2 N–H and O–H groups in total. The van der Waals surface area contributed by atoms with Crippen LogP contribution in [0.3, 0.4) is 0 Å². The Morgan fingerprint density at radius 3 is 3.00 bits per heavy atom. The summed E-state index contributed by atoms with van der Waals surface area (Å²) in [5.74, 6) is -0.568. The van der Waals surface area contributed by atoms with E-state index in [2.05, 4.69) is 12.2 Å². The highest BCUT2D eigenvalue weighted by Gasteiger charge is 2.22. The molecule has 4 nitrogen and oxygen atoms in total. The molecule has 0 radical (unpaired) electrons. The Balaban J connectivity index is 1.80. The molecule has 0 fully saturated rings. The number of amides is 1. The molecule has 0 spiro atoms. The van der Waals surface area contributed by atoms with Crippen molar-refractivity contribution in [2.45, 2.75) is 26.2 Å². The molecule has 1 amide bonds. The van der Waals surface area contributed by atoms with E-state index in [9.17, 15) is 9.59 Å². The maximum Gasteiger partial charge on any atom is 0.348 e. The largest absolute Gasteiger partial charge is 0.477 e. The molecule has 1 aliphatic carbocycles. The van der Waals surface area contributed by atoms with Crippen LogP contribution in [-0.2, 0) is 12.8 Å². The van der Waals surface area contributed by atoms with E-state index in [4.69, 9.17) is 5.11 Å². The van der Waals surface area contributed by atoms with Gasteiger partial charge in [-0.1, -0.05) is 6.92 Å². The smallest absolute Gasteiger partial charge is 0.348 e. The molecule has 2 aromatic rings. The predicted octanol–water partition coefficient (Wildman–Crippen LogP) is 3.88. The average Bonchev–Trinajstić information content (AvgIpc) is 3.04. The van der Waals surface area contributed by atoms with Crippen LogP contribution >= 0.6 is 22.7 Å². The number of hydrogen-bond acceptors (Lipinski definition) is 4. The number of carboxylic acid groups (broad SMARTS) is 1. The maximum absolute atomic E-state index is 12.3. The van der Waals surface area contributed by atoms with Crippen molar-refractivity contribution in [3.63, 3.8) is 0 Å². The Labute approximate surface area is 130 Å². The van der Waals surface area contributed by atoms with E-state index in [0.29, 0.717) is 16.5 Å². The highest BCUT2D eigenvalue weighted by molar-refractivity contribution is 7.14. The van der Waals surface area contributed by atoms with Crippen molar-refractivity contribution in [2.75, 3.05) is 5.32 Å². The number of carboxylic acids is 1. The maximum atomic E-state index is 12.3. The molecule has 110 valence electrons. The molecule has 0 saturated carbocycles. The first-order valence-electron chi connectivity index (χ1n) is 6.78. The van der Waals surface area contributed by atoms with Gasteiger partial charge < -0.3 is 10.4 Å². The molecule has 1 unspecified atom stereocenters. The molecule has 0 bridgehead atoms. The number of hydrogen-bond donors (Lipinski definition) is 2. The quantitative estimate of drug-likeness (QED) is 0.901. The Hall–Kier alpha value is -1.66. The van der Waals surface area contributed by atoms with Crippen LogP contribution in [0.15, 0.2) is 17.5 Å². The summed E-state index contributed by atoms with van der Waals surface area (Å²) in [5, 5.41) is 13.4. The third-order valence-corrected chi connectivity index (χ3v) is 5.80. The molecule has 2 heterocycles. The van der Waals surface area contributed by atoms with Crippen molar-refractivity contribution in [1.29, 1.82) is 0 Å². The standard InChI is InChI=1S/C15H15NO3S2/c1-8-2-3-11-9(6-8)7-12(21-11)14(17)16-10-4-5-20-13(10)15(18)19/h4-5,7-8H,2-3,6H2,1H3,(H,16,17)(H,18,19). The minimum Gasteiger partial charge on any atom is -0.477 e. The highest BCUT2D eigenvalue weighted by Crippen LogP contribution is 2.33. The fourth-order valence-electron chi connectivity index (χ4n) is 2.57.